The van der Waals surface area contributed by atoms with E-state index < -0.39 is 17.2 Å². The number of nitrogens with zero attached hydrogens (tertiary/aromatic N) is 1. The minimum Gasteiger partial charge on any atom is -0.444 e. The van der Waals surface area contributed by atoms with Crippen LogP contribution in [0.25, 0.3) is 0 Å². The number of hydrogen-bond donors (Lipinski definition) is 0. The van der Waals surface area contributed by atoms with Crippen molar-refractivity contribution < 1.29 is 14.3 Å². The highest BCUT2D eigenvalue weighted by atomic mass is 35.5. The van der Waals surface area contributed by atoms with E-state index in [0.29, 0.717) is 0 Å². The Bertz CT molecular complexity index is 281. The van der Waals surface area contributed by atoms with E-state index in [-0.39, 0.29) is 11.7 Å². The summed E-state index contributed by atoms with van der Waals surface area (Å²) in [5, 5.41) is 0. The van der Waals surface area contributed by atoms with Crippen LogP contribution >= 0.6 is 11.6 Å². The number of alkyl halides is 1. The Hall–Kier alpha value is -0.770. The monoisotopic (exact) mass is 249 g/mol. The third kappa shape index (κ3) is 4.00. The lowest BCUT2D eigenvalue weighted by molar-refractivity contribution is -0.126. The van der Waals surface area contributed by atoms with Crippen LogP contribution in [0, 0.1) is 0 Å². The van der Waals surface area contributed by atoms with Crippen molar-refractivity contribution in [3.05, 3.63) is 0 Å². The predicted molar refractivity (Wildman–Crippen MR) is 63.8 cm³/mol. The maximum absolute atomic E-state index is 11.7. The van der Waals surface area contributed by atoms with Crippen LogP contribution in [0.4, 0.5) is 4.79 Å². The van der Waals surface area contributed by atoms with Crippen molar-refractivity contribution >= 4 is 23.5 Å². The van der Waals surface area contributed by atoms with Gasteiger partial charge >= 0.3 is 6.09 Å². The molecule has 0 aliphatic heterocycles. The van der Waals surface area contributed by atoms with Crippen LogP contribution in [0.1, 0.15) is 34.6 Å². The van der Waals surface area contributed by atoms with Gasteiger partial charge in [-0.15, -0.1) is 11.6 Å². The van der Waals surface area contributed by atoms with Gasteiger partial charge in [-0.1, -0.05) is 0 Å². The molecular weight excluding hydrogens is 230 g/mol. The molecule has 94 valence electrons. The van der Waals surface area contributed by atoms with Gasteiger partial charge in [0.05, 0.1) is 11.4 Å². The zero-order valence-electron chi connectivity index (χ0n) is 10.8. The molecule has 0 unspecified atom stereocenters. The lowest BCUT2D eigenvalue weighted by Gasteiger charge is -2.35. The van der Waals surface area contributed by atoms with E-state index in [1.807, 2.05) is 0 Å². The van der Waals surface area contributed by atoms with Crippen molar-refractivity contribution in [2.75, 3.05) is 12.9 Å². The molecule has 0 aromatic rings. The first kappa shape index (κ1) is 15.2. The molecular formula is C11H20ClNO3. The lowest BCUT2D eigenvalue weighted by Crippen LogP contribution is -2.52. The van der Waals surface area contributed by atoms with E-state index in [1.54, 1.807) is 34.6 Å². The summed E-state index contributed by atoms with van der Waals surface area (Å²) in [5.41, 5.74) is -1.53. The predicted octanol–water partition coefficient (Wildman–Crippen LogP) is 2.44. The third-order valence-electron chi connectivity index (χ3n) is 2.31. The maximum Gasteiger partial charge on any atom is 0.410 e. The smallest absolute Gasteiger partial charge is 0.410 e. The molecule has 5 heteroatoms. The summed E-state index contributed by atoms with van der Waals surface area (Å²) in [7, 11) is 1.53. The molecule has 0 aliphatic rings. The average molecular weight is 250 g/mol. The zero-order chi connectivity index (χ0) is 13.1. The molecule has 0 aliphatic carbocycles. The SMILES string of the molecule is CN(C(=O)OC(C)(C)C)C(C)(C)C(=O)CCl. The summed E-state index contributed by atoms with van der Waals surface area (Å²) in [6, 6.07) is 0. The molecule has 0 rings (SSSR count). The van der Waals surface area contributed by atoms with Crippen LogP contribution in [-0.2, 0) is 9.53 Å². The molecule has 0 fully saturated rings. The van der Waals surface area contributed by atoms with Crippen LogP contribution in [0.2, 0.25) is 0 Å². The van der Waals surface area contributed by atoms with E-state index in [1.165, 1.54) is 11.9 Å². The van der Waals surface area contributed by atoms with Gasteiger partial charge in [0.15, 0.2) is 5.78 Å². The Kier molecular flexibility index (Phi) is 4.80. The highest BCUT2D eigenvalue weighted by molar-refractivity contribution is 6.29. The highest BCUT2D eigenvalue weighted by Gasteiger charge is 2.36. The quantitative estimate of drug-likeness (QED) is 0.722. The molecule has 0 atom stereocenters. The van der Waals surface area contributed by atoms with E-state index >= 15 is 0 Å². The topological polar surface area (TPSA) is 46.6 Å². The van der Waals surface area contributed by atoms with Gasteiger partial charge in [-0.05, 0) is 34.6 Å². The zero-order valence-corrected chi connectivity index (χ0v) is 11.5. The molecule has 0 heterocycles. The number of ketones is 1. The standard InChI is InChI=1S/C11H20ClNO3/c1-10(2,3)16-9(15)13(6)11(4,5)8(14)7-12/h7H2,1-6H3. The Balaban J connectivity index is 4.73. The van der Waals surface area contributed by atoms with Gasteiger partial charge in [-0.2, -0.15) is 0 Å². The summed E-state index contributed by atoms with van der Waals surface area (Å²) in [5.74, 6) is -0.345. The molecule has 0 aromatic carbocycles. The molecule has 0 radical (unpaired) electrons. The molecule has 0 N–H and O–H groups in total. The maximum atomic E-state index is 11.7. The number of hydrogen-bond acceptors (Lipinski definition) is 3. The van der Waals surface area contributed by atoms with Gasteiger partial charge < -0.3 is 4.74 Å². The molecule has 0 spiro atoms. The van der Waals surface area contributed by atoms with Gasteiger partial charge in [0.25, 0.3) is 0 Å². The second-order valence-electron chi connectivity index (χ2n) is 5.16. The molecule has 0 saturated carbocycles. The summed E-state index contributed by atoms with van der Waals surface area (Å²) in [4.78, 5) is 24.6. The van der Waals surface area contributed by atoms with Crippen molar-refractivity contribution in [3.63, 3.8) is 0 Å². The largest absolute Gasteiger partial charge is 0.444 e. The van der Waals surface area contributed by atoms with Crippen LogP contribution in [0.15, 0.2) is 0 Å². The number of carbonyl (C=O) groups excluding carboxylic acids is 2. The van der Waals surface area contributed by atoms with Crippen LogP contribution in [0.3, 0.4) is 0 Å². The fraction of sp³-hybridized carbons (Fsp3) is 0.818. The van der Waals surface area contributed by atoms with E-state index in [9.17, 15) is 9.59 Å². The normalized spacial score (nSPS) is 12.2. The van der Waals surface area contributed by atoms with Gasteiger partial charge in [-0.25, -0.2) is 4.79 Å². The second-order valence-corrected chi connectivity index (χ2v) is 5.42. The minimum atomic E-state index is -0.954. The average Bonchev–Trinajstić information content (AvgIpc) is 2.12. The fourth-order valence-electron chi connectivity index (χ4n) is 0.909. The summed E-state index contributed by atoms with van der Waals surface area (Å²) in [6.07, 6.45) is -0.532. The molecule has 0 bridgehead atoms. The molecule has 0 aromatic heterocycles. The highest BCUT2D eigenvalue weighted by Crippen LogP contribution is 2.18. The number of amides is 1. The van der Waals surface area contributed by atoms with Gasteiger partial charge in [0, 0.05) is 7.05 Å². The molecule has 16 heavy (non-hydrogen) atoms. The van der Waals surface area contributed by atoms with Crippen molar-refractivity contribution in [3.8, 4) is 0 Å². The first-order valence-electron chi connectivity index (χ1n) is 5.08. The fourth-order valence-corrected chi connectivity index (χ4v) is 1.24. The summed E-state index contributed by atoms with van der Waals surface area (Å²) >= 11 is 5.49. The second kappa shape index (κ2) is 5.04. The van der Waals surface area contributed by atoms with Gasteiger partial charge in [-0.3, -0.25) is 9.69 Å². The number of rotatable bonds is 3. The molecule has 1 amide bonds. The molecule has 4 nitrogen and oxygen atoms in total. The van der Waals surface area contributed by atoms with Crippen molar-refractivity contribution in [2.24, 2.45) is 0 Å². The third-order valence-corrected chi connectivity index (χ3v) is 2.55. The Morgan fingerprint density at radius 2 is 1.62 bits per heavy atom. The van der Waals surface area contributed by atoms with Gasteiger partial charge in [0.1, 0.15) is 5.60 Å². The lowest BCUT2D eigenvalue weighted by atomic mass is 9.99. The van der Waals surface area contributed by atoms with Crippen LogP contribution in [-0.4, -0.2) is 40.8 Å². The van der Waals surface area contributed by atoms with E-state index in [2.05, 4.69) is 0 Å². The summed E-state index contributed by atoms with van der Waals surface area (Å²) < 4.78 is 5.17. The first-order valence-corrected chi connectivity index (χ1v) is 5.62. The van der Waals surface area contributed by atoms with E-state index in [4.69, 9.17) is 16.3 Å². The number of ether oxygens (including phenoxy) is 1. The summed E-state index contributed by atoms with van der Waals surface area (Å²) in [6.45, 7) is 8.60. The van der Waals surface area contributed by atoms with Crippen LogP contribution < -0.4 is 0 Å². The van der Waals surface area contributed by atoms with Crippen molar-refractivity contribution in [1.29, 1.82) is 0 Å². The Morgan fingerprint density at radius 1 is 1.19 bits per heavy atom. The Labute approximate surface area is 102 Å². The van der Waals surface area contributed by atoms with Crippen LogP contribution in [0.5, 0.6) is 0 Å². The number of halogens is 1. The van der Waals surface area contributed by atoms with Gasteiger partial charge in [0.2, 0.25) is 0 Å². The van der Waals surface area contributed by atoms with Crippen molar-refractivity contribution in [2.45, 2.75) is 45.8 Å². The molecule has 0 saturated heterocycles. The van der Waals surface area contributed by atoms with E-state index in [0.717, 1.165) is 0 Å². The number of likely N-dealkylation sites (N-methyl/N-ethyl adjacent to an activating group) is 1. The first-order chi connectivity index (χ1) is 7.02. The Morgan fingerprint density at radius 3 is 1.94 bits per heavy atom. The van der Waals surface area contributed by atoms with Crippen molar-refractivity contribution in [1.82, 2.24) is 4.90 Å². The number of Topliss-reactive ketones (excluding diaryl/α,β-unsaturated/α-hetero) is 1. The minimum absolute atomic E-state index is 0.125. The number of carbonyl (C=O) groups is 2.